The summed E-state index contributed by atoms with van der Waals surface area (Å²) in [5, 5.41) is 1.16. The Morgan fingerprint density at radius 1 is 0.862 bits per heavy atom. The summed E-state index contributed by atoms with van der Waals surface area (Å²) in [6, 6.07) is 17.1. The maximum Gasteiger partial charge on any atom is 0.494 e. The van der Waals surface area contributed by atoms with Crippen LogP contribution in [0.2, 0.25) is 0 Å². The van der Waals surface area contributed by atoms with Gasteiger partial charge >= 0.3 is 7.12 Å². The van der Waals surface area contributed by atoms with Crippen LogP contribution in [0.1, 0.15) is 54.0 Å². The van der Waals surface area contributed by atoms with Crippen molar-refractivity contribution in [2.45, 2.75) is 65.1 Å². The fourth-order valence-corrected chi connectivity index (χ4v) is 3.68. The minimum Gasteiger partial charge on any atom is -0.399 e. The van der Waals surface area contributed by atoms with E-state index in [-0.39, 0.29) is 23.7 Å². The van der Waals surface area contributed by atoms with Crippen molar-refractivity contribution in [1.82, 2.24) is 4.98 Å². The number of nitrogens with zero attached hydrogens (tertiary/aromatic N) is 1. The van der Waals surface area contributed by atoms with E-state index in [0.29, 0.717) is 0 Å². The molecule has 2 aromatic carbocycles. The second kappa shape index (κ2) is 6.68. The molecule has 150 valence electrons. The molecule has 0 atom stereocenters. The fraction of sp³-hybridized carbons (Fsp3) is 0.400. The summed E-state index contributed by atoms with van der Waals surface area (Å²) in [4.78, 5) is 4.69. The molecule has 0 unspecified atom stereocenters. The van der Waals surface area contributed by atoms with Crippen LogP contribution in [0, 0.1) is 0 Å². The highest BCUT2D eigenvalue weighted by molar-refractivity contribution is 6.62. The predicted molar refractivity (Wildman–Crippen MR) is 122 cm³/mol. The van der Waals surface area contributed by atoms with E-state index >= 15 is 0 Å². The summed E-state index contributed by atoms with van der Waals surface area (Å²) in [6.07, 6.45) is 1.86. The summed E-state index contributed by atoms with van der Waals surface area (Å²) < 4.78 is 12.5. The van der Waals surface area contributed by atoms with Crippen molar-refractivity contribution in [1.29, 1.82) is 0 Å². The molecule has 3 aromatic rings. The molecule has 1 aromatic heterocycles. The van der Waals surface area contributed by atoms with Crippen LogP contribution in [0.5, 0.6) is 0 Å². The molecule has 29 heavy (non-hydrogen) atoms. The van der Waals surface area contributed by atoms with Gasteiger partial charge in [-0.05, 0) is 67.9 Å². The van der Waals surface area contributed by atoms with E-state index in [4.69, 9.17) is 14.3 Å². The van der Waals surface area contributed by atoms with E-state index in [9.17, 15) is 0 Å². The highest BCUT2D eigenvalue weighted by Crippen LogP contribution is 2.37. The van der Waals surface area contributed by atoms with Crippen LogP contribution < -0.4 is 5.46 Å². The number of hydrogen-bond acceptors (Lipinski definition) is 3. The lowest BCUT2D eigenvalue weighted by atomic mass is 9.77. The Kier molecular flexibility index (Phi) is 4.64. The SMILES string of the molecule is CC(C)(C)c1cc(-c2cccc(B3OC(C)(C)C(C)(C)O3)c2)c2ncccc2c1. The van der Waals surface area contributed by atoms with Crippen LogP contribution in [0.4, 0.5) is 0 Å². The molecule has 4 heteroatoms. The molecule has 0 aliphatic carbocycles. The standard InChI is InChI=1S/C25H30BNO2/c1-23(2,3)19-14-18-11-9-13-27-22(18)21(16-19)17-10-8-12-20(15-17)26-28-24(4,5)25(6,7)29-26/h8-16H,1-7H3. The zero-order valence-corrected chi connectivity index (χ0v) is 18.5. The molecule has 0 saturated carbocycles. The van der Waals surface area contributed by atoms with Crippen LogP contribution in [0.25, 0.3) is 22.0 Å². The topological polar surface area (TPSA) is 31.4 Å². The maximum atomic E-state index is 6.27. The Morgan fingerprint density at radius 3 is 2.21 bits per heavy atom. The fourth-order valence-electron chi connectivity index (χ4n) is 3.68. The third kappa shape index (κ3) is 3.60. The van der Waals surface area contributed by atoms with Crippen molar-refractivity contribution in [2.75, 3.05) is 0 Å². The van der Waals surface area contributed by atoms with Crippen LogP contribution in [0.3, 0.4) is 0 Å². The molecule has 0 amide bonds. The van der Waals surface area contributed by atoms with Crippen molar-refractivity contribution in [2.24, 2.45) is 0 Å². The van der Waals surface area contributed by atoms with Crippen molar-refractivity contribution in [3.05, 3.63) is 60.3 Å². The highest BCUT2D eigenvalue weighted by Gasteiger charge is 2.51. The van der Waals surface area contributed by atoms with Gasteiger partial charge in [-0.1, -0.05) is 51.1 Å². The first-order valence-electron chi connectivity index (χ1n) is 10.3. The zero-order chi connectivity index (χ0) is 21.0. The van der Waals surface area contributed by atoms with Crippen molar-refractivity contribution in [3.8, 4) is 11.1 Å². The summed E-state index contributed by atoms with van der Waals surface area (Å²) in [5.74, 6) is 0. The minimum absolute atomic E-state index is 0.0577. The second-order valence-electron chi connectivity index (χ2n) is 10.1. The highest BCUT2D eigenvalue weighted by atomic mass is 16.7. The first-order chi connectivity index (χ1) is 13.5. The molecular weight excluding hydrogens is 357 g/mol. The Hall–Kier alpha value is -2.17. The number of aromatic nitrogens is 1. The van der Waals surface area contributed by atoms with Crippen LogP contribution >= 0.6 is 0 Å². The second-order valence-corrected chi connectivity index (χ2v) is 10.1. The molecular formula is C25H30BNO2. The largest absolute Gasteiger partial charge is 0.494 e. The Balaban J connectivity index is 1.83. The number of hydrogen-bond donors (Lipinski definition) is 0. The Bertz CT molecular complexity index is 1050. The molecule has 0 spiro atoms. The van der Waals surface area contributed by atoms with Gasteiger partial charge in [0.25, 0.3) is 0 Å². The van der Waals surface area contributed by atoms with E-state index in [1.165, 1.54) is 5.56 Å². The van der Waals surface area contributed by atoms with Crippen LogP contribution in [-0.2, 0) is 14.7 Å². The molecule has 1 aliphatic rings. The number of pyridine rings is 1. The molecule has 2 heterocycles. The van der Waals surface area contributed by atoms with E-state index in [2.05, 4.69) is 90.9 Å². The lowest BCUT2D eigenvalue weighted by Gasteiger charge is -2.32. The van der Waals surface area contributed by atoms with E-state index in [1.807, 2.05) is 12.3 Å². The summed E-state index contributed by atoms with van der Waals surface area (Å²) in [7, 11) is -0.370. The van der Waals surface area contributed by atoms with Crippen LogP contribution in [-0.4, -0.2) is 23.3 Å². The van der Waals surface area contributed by atoms with Gasteiger partial charge in [-0.25, -0.2) is 0 Å². The summed E-state index contributed by atoms with van der Waals surface area (Å²) in [5.41, 5.74) is 4.98. The zero-order valence-electron chi connectivity index (χ0n) is 18.5. The van der Waals surface area contributed by atoms with Gasteiger partial charge in [-0.2, -0.15) is 0 Å². The van der Waals surface area contributed by atoms with Gasteiger partial charge in [0.2, 0.25) is 0 Å². The number of fused-ring (bicyclic) bond motifs is 1. The van der Waals surface area contributed by atoms with E-state index in [1.54, 1.807) is 0 Å². The van der Waals surface area contributed by atoms with Gasteiger partial charge in [0.05, 0.1) is 16.7 Å². The van der Waals surface area contributed by atoms with Crippen molar-refractivity contribution in [3.63, 3.8) is 0 Å². The van der Waals surface area contributed by atoms with Gasteiger partial charge < -0.3 is 9.31 Å². The molecule has 0 radical (unpaired) electrons. The lowest BCUT2D eigenvalue weighted by molar-refractivity contribution is 0.00578. The van der Waals surface area contributed by atoms with Crippen molar-refractivity contribution >= 4 is 23.5 Å². The molecule has 1 fully saturated rings. The normalized spacial score (nSPS) is 18.4. The predicted octanol–water partition coefficient (Wildman–Crippen LogP) is 5.50. The maximum absolute atomic E-state index is 6.27. The quantitative estimate of drug-likeness (QED) is 0.544. The van der Waals surface area contributed by atoms with Gasteiger partial charge in [0.1, 0.15) is 0 Å². The lowest BCUT2D eigenvalue weighted by Crippen LogP contribution is -2.41. The summed E-state index contributed by atoms with van der Waals surface area (Å²) >= 11 is 0. The number of rotatable bonds is 2. The third-order valence-corrected chi connectivity index (χ3v) is 6.29. The molecule has 0 bridgehead atoms. The van der Waals surface area contributed by atoms with Gasteiger partial charge in [-0.15, -0.1) is 0 Å². The number of benzene rings is 2. The van der Waals surface area contributed by atoms with Gasteiger partial charge in [-0.3, -0.25) is 4.98 Å². The van der Waals surface area contributed by atoms with Crippen LogP contribution in [0.15, 0.2) is 54.7 Å². The third-order valence-electron chi connectivity index (χ3n) is 6.29. The Morgan fingerprint density at radius 2 is 1.55 bits per heavy atom. The average Bonchev–Trinajstić information content (AvgIpc) is 2.87. The Labute approximate surface area is 174 Å². The minimum atomic E-state index is -0.370. The van der Waals surface area contributed by atoms with E-state index < -0.39 is 0 Å². The van der Waals surface area contributed by atoms with Crippen molar-refractivity contribution < 1.29 is 9.31 Å². The van der Waals surface area contributed by atoms with E-state index in [0.717, 1.165) is 27.5 Å². The monoisotopic (exact) mass is 387 g/mol. The molecule has 3 nitrogen and oxygen atoms in total. The smallest absolute Gasteiger partial charge is 0.399 e. The summed E-state index contributed by atoms with van der Waals surface area (Å²) in [6.45, 7) is 15.1. The molecule has 1 saturated heterocycles. The van der Waals surface area contributed by atoms with Gasteiger partial charge in [0, 0.05) is 17.1 Å². The molecule has 4 rings (SSSR count). The molecule has 1 aliphatic heterocycles. The molecule has 0 N–H and O–H groups in total. The average molecular weight is 387 g/mol. The first-order valence-corrected chi connectivity index (χ1v) is 10.3. The first kappa shape index (κ1) is 20.1. The van der Waals surface area contributed by atoms with Gasteiger partial charge in [0.15, 0.2) is 0 Å².